The summed E-state index contributed by atoms with van der Waals surface area (Å²) in [6.45, 7) is 0. The molecule has 0 aromatic carbocycles. The third-order valence-electron chi connectivity index (χ3n) is 0.452. The molecule has 0 saturated carbocycles. The van der Waals surface area contributed by atoms with Crippen molar-refractivity contribution in [2.45, 2.75) is 0 Å². The number of rotatable bonds is 2. The van der Waals surface area contributed by atoms with Crippen LogP contribution in [-0.2, 0) is 4.79 Å². The zero-order chi connectivity index (χ0) is 6.57. The van der Waals surface area contributed by atoms with Crippen LogP contribution in [0.1, 0.15) is 0 Å². The Balaban J connectivity index is 0. The van der Waals surface area contributed by atoms with Crippen molar-refractivity contribution in [2.24, 2.45) is 0 Å². The molecule has 0 bridgehead atoms. The van der Waals surface area contributed by atoms with Gasteiger partial charge in [0.15, 0.2) is 0 Å². The van der Waals surface area contributed by atoms with Crippen molar-refractivity contribution in [1.29, 1.82) is 0 Å². The van der Waals surface area contributed by atoms with Crippen LogP contribution in [0.4, 0.5) is 0 Å². The van der Waals surface area contributed by atoms with Gasteiger partial charge in [0.25, 0.3) is 5.70 Å². The second-order valence-corrected chi connectivity index (χ2v) is 0.918. The van der Waals surface area contributed by atoms with Gasteiger partial charge < -0.3 is 5.11 Å². The van der Waals surface area contributed by atoms with Gasteiger partial charge in [-0.3, -0.25) is 14.9 Å². The van der Waals surface area contributed by atoms with E-state index in [-0.39, 0.29) is 42.1 Å². The van der Waals surface area contributed by atoms with Crippen molar-refractivity contribution in [3.8, 4) is 0 Å². The normalized spacial score (nSPS) is 9.56. The van der Waals surface area contributed by atoms with E-state index < -0.39 is 10.6 Å². The predicted molar refractivity (Wildman–Crippen MR) is 21.1 cm³/mol. The van der Waals surface area contributed by atoms with Gasteiger partial charge in [-0.05, 0) is 0 Å². The second-order valence-electron chi connectivity index (χ2n) is 0.918. The molecule has 0 rings (SSSR count). The van der Waals surface area contributed by atoms with Gasteiger partial charge in [-0.15, -0.1) is 0 Å². The van der Waals surface area contributed by atoms with Crippen LogP contribution in [0.25, 0.3) is 0 Å². The molecular formula is C3H2NNaO4. The first-order valence-electron chi connectivity index (χ1n) is 1.64. The summed E-state index contributed by atoms with van der Waals surface area (Å²) in [5.41, 5.74) is -0.954. The van der Waals surface area contributed by atoms with Gasteiger partial charge in [0, 0.05) is 0 Å². The third-order valence-corrected chi connectivity index (χ3v) is 0.452. The topological polar surface area (TPSA) is 83.3 Å². The maximum Gasteiger partial charge on any atom is 1.00 e. The van der Waals surface area contributed by atoms with Crippen LogP contribution in [-0.4, -0.2) is 11.2 Å². The Morgan fingerprint density at radius 2 is 2.00 bits per heavy atom. The van der Waals surface area contributed by atoms with Crippen molar-refractivity contribution in [1.82, 2.24) is 0 Å². The Bertz CT molecular complexity index is 143. The molecule has 0 spiro atoms. The molecule has 0 N–H and O–H groups in total. The summed E-state index contributed by atoms with van der Waals surface area (Å²) in [7, 11) is 0. The fourth-order valence-electron chi connectivity index (χ4n) is 0.114. The molecule has 6 heteroatoms. The maximum absolute atomic E-state index is 9.47. The minimum absolute atomic E-state index is 0. The minimum Gasteiger partial charge on any atom is -0.873 e. The molecule has 9 heavy (non-hydrogen) atoms. The molecule has 0 aliphatic carbocycles. The number of aldehydes is 1. The molecule has 0 fully saturated rings. The first-order valence-corrected chi connectivity index (χ1v) is 1.64. The van der Waals surface area contributed by atoms with Crippen LogP contribution in [0.2, 0.25) is 0 Å². The second kappa shape index (κ2) is 5.74. The average Bonchev–Trinajstić information content (AvgIpc) is 1.69. The smallest absolute Gasteiger partial charge is 0.873 e. The number of carbonyl (C=O) groups is 1. The number of hydrogen-bond acceptors (Lipinski definition) is 4. The van der Waals surface area contributed by atoms with Gasteiger partial charge in [-0.1, -0.05) is 6.26 Å². The zero-order valence-corrected chi connectivity index (χ0v) is 6.73. The fourth-order valence-corrected chi connectivity index (χ4v) is 0.114. The molecule has 0 aromatic heterocycles. The van der Waals surface area contributed by atoms with Crippen molar-refractivity contribution in [2.75, 3.05) is 0 Å². The molecule has 5 nitrogen and oxygen atoms in total. The van der Waals surface area contributed by atoms with E-state index in [2.05, 4.69) is 0 Å². The quantitative estimate of drug-likeness (QED) is 0.0966. The van der Waals surface area contributed by atoms with Crippen LogP contribution in [0, 0.1) is 10.1 Å². The molecule has 0 radical (unpaired) electrons. The van der Waals surface area contributed by atoms with Crippen molar-refractivity contribution >= 4 is 6.29 Å². The molecule has 0 aliphatic rings. The summed E-state index contributed by atoms with van der Waals surface area (Å²) >= 11 is 0. The van der Waals surface area contributed by atoms with Crippen LogP contribution in [0.15, 0.2) is 12.0 Å². The summed E-state index contributed by atoms with van der Waals surface area (Å²) in [4.78, 5) is 17.9. The summed E-state index contributed by atoms with van der Waals surface area (Å²) in [6, 6.07) is 0. The number of hydrogen-bond donors (Lipinski definition) is 0. The Kier molecular flexibility index (Phi) is 7.28. The maximum atomic E-state index is 9.47. The van der Waals surface area contributed by atoms with E-state index in [1.165, 1.54) is 0 Å². The molecule has 0 heterocycles. The van der Waals surface area contributed by atoms with E-state index in [0.29, 0.717) is 0 Å². The van der Waals surface area contributed by atoms with Crippen LogP contribution >= 0.6 is 0 Å². The van der Waals surface area contributed by atoms with Crippen LogP contribution in [0.5, 0.6) is 0 Å². The molecule has 0 atom stereocenters. The van der Waals surface area contributed by atoms with E-state index in [1.54, 1.807) is 0 Å². The third kappa shape index (κ3) is 4.14. The monoisotopic (exact) mass is 139 g/mol. The van der Waals surface area contributed by atoms with Gasteiger partial charge in [0.1, 0.15) is 0 Å². The van der Waals surface area contributed by atoms with Gasteiger partial charge in [-0.2, -0.15) is 0 Å². The minimum atomic E-state index is -1.04. The Morgan fingerprint density at radius 1 is 1.56 bits per heavy atom. The summed E-state index contributed by atoms with van der Waals surface area (Å²) in [6.07, 6.45) is -0.208. The SMILES string of the molecule is O=CC(=C[O-])[N+](=O)[O-].[Na+]. The Labute approximate surface area is 72.8 Å². The van der Waals surface area contributed by atoms with Crippen molar-refractivity contribution < 1.29 is 44.4 Å². The zero-order valence-electron chi connectivity index (χ0n) is 4.73. The van der Waals surface area contributed by atoms with Gasteiger partial charge in [-0.25, -0.2) is 0 Å². The van der Waals surface area contributed by atoms with Gasteiger partial charge >= 0.3 is 29.6 Å². The van der Waals surface area contributed by atoms with Crippen molar-refractivity contribution in [3.63, 3.8) is 0 Å². The molecule has 0 aromatic rings. The van der Waals surface area contributed by atoms with Crippen LogP contribution in [0.3, 0.4) is 0 Å². The van der Waals surface area contributed by atoms with E-state index in [9.17, 15) is 20.0 Å². The molecule has 0 saturated heterocycles. The van der Waals surface area contributed by atoms with Gasteiger partial charge in [0.05, 0.1) is 4.92 Å². The average molecular weight is 139 g/mol. The molecule has 0 aliphatic heterocycles. The molecular weight excluding hydrogens is 137 g/mol. The van der Waals surface area contributed by atoms with E-state index in [0.717, 1.165) is 0 Å². The van der Waals surface area contributed by atoms with Crippen molar-refractivity contribution in [3.05, 3.63) is 22.1 Å². The van der Waals surface area contributed by atoms with Crippen LogP contribution < -0.4 is 34.7 Å². The van der Waals surface area contributed by atoms with Gasteiger partial charge in [0.2, 0.25) is 6.29 Å². The number of carbonyl (C=O) groups excluding carboxylic acids is 1. The Morgan fingerprint density at radius 3 is 2.00 bits per heavy atom. The Hall–Kier alpha value is -0.390. The predicted octanol–water partition coefficient (Wildman–Crippen LogP) is -4.33. The first-order chi connectivity index (χ1) is 3.72. The standard InChI is InChI=1S/C3H3NO4.Na/c5-1-3(2-6)4(7)8;/h1-2,5H;/q;+1/p-1. The molecule has 0 unspecified atom stereocenters. The largest absolute Gasteiger partial charge is 1.00 e. The summed E-state index contributed by atoms with van der Waals surface area (Å²) < 4.78 is 0. The van der Waals surface area contributed by atoms with E-state index in [4.69, 9.17) is 0 Å². The summed E-state index contributed by atoms with van der Waals surface area (Å²) in [5.74, 6) is 0. The molecule has 44 valence electrons. The fraction of sp³-hybridized carbons (Fsp3) is 0. The number of nitrogens with zero attached hydrogens (tertiary/aromatic N) is 1. The van der Waals surface area contributed by atoms with E-state index in [1.807, 2.05) is 0 Å². The first kappa shape index (κ1) is 11.4. The number of nitro groups is 1. The molecule has 0 amide bonds. The van der Waals surface area contributed by atoms with E-state index >= 15 is 0 Å². The summed E-state index contributed by atoms with van der Waals surface area (Å²) in [5, 5.41) is 18.9. The number of allylic oxidation sites excluding steroid dienone is 1.